The fourth-order valence-corrected chi connectivity index (χ4v) is 1.67. The highest BCUT2D eigenvalue weighted by Crippen LogP contribution is 2.21. The molecule has 5 nitrogen and oxygen atoms in total. The molecule has 2 aromatic heterocycles. The molecular formula is C12H16N4O. The zero-order valence-electron chi connectivity index (χ0n) is 10.3. The van der Waals surface area contributed by atoms with Gasteiger partial charge in [0.15, 0.2) is 0 Å². The normalized spacial score (nSPS) is 10.5. The summed E-state index contributed by atoms with van der Waals surface area (Å²) in [5.41, 5.74) is 9.21. The molecule has 0 fully saturated rings. The number of aryl methyl sites for hydroxylation is 1. The molecule has 2 aromatic rings. The average molecular weight is 232 g/mol. The van der Waals surface area contributed by atoms with Crippen molar-refractivity contribution >= 4 is 5.69 Å². The molecule has 0 aliphatic heterocycles. The van der Waals surface area contributed by atoms with Crippen LogP contribution in [0.25, 0.3) is 5.69 Å². The third-order valence-corrected chi connectivity index (χ3v) is 2.60. The number of rotatable bonds is 3. The first-order chi connectivity index (χ1) is 8.13. The maximum Gasteiger partial charge on any atom is 0.139 e. The molecule has 90 valence electrons. The van der Waals surface area contributed by atoms with Crippen LogP contribution < -0.4 is 10.5 Å². The van der Waals surface area contributed by atoms with Crippen LogP contribution in [0.2, 0.25) is 0 Å². The lowest BCUT2D eigenvalue weighted by atomic mass is 10.3. The van der Waals surface area contributed by atoms with E-state index in [0.717, 1.165) is 22.8 Å². The minimum atomic E-state index is 0.615. The van der Waals surface area contributed by atoms with Crippen LogP contribution in [-0.2, 0) is 0 Å². The predicted molar refractivity (Wildman–Crippen MR) is 66.4 cm³/mol. The van der Waals surface area contributed by atoms with Gasteiger partial charge in [0.1, 0.15) is 5.75 Å². The zero-order valence-corrected chi connectivity index (χ0v) is 10.3. The Bertz CT molecular complexity index is 533. The number of aromatic nitrogens is 3. The molecule has 0 amide bonds. The number of ether oxygens (including phenoxy) is 1. The van der Waals surface area contributed by atoms with Crippen molar-refractivity contribution in [3.05, 3.63) is 29.8 Å². The fourth-order valence-electron chi connectivity index (χ4n) is 1.67. The van der Waals surface area contributed by atoms with Gasteiger partial charge >= 0.3 is 0 Å². The first kappa shape index (κ1) is 11.4. The number of pyridine rings is 1. The summed E-state index contributed by atoms with van der Waals surface area (Å²) in [5, 5.41) is 4.38. The summed E-state index contributed by atoms with van der Waals surface area (Å²) in [4.78, 5) is 4.13. The van der Waals surface area contributed by atoms with Gasteiger partial charge in [-0.05, 0) is 20.8 Å². The number of nitrogens with two attached hydrogens (primary N) is 1. The molecule has 0 aliphatic rings. The summed E-state index contributed by atoms with van der Waals surface area (Å²) in [5.74, 6) is 0.733. The molecule has 0 unspecified atom stereocenters. The molecule has 0 saturated carbocycles. The van der Waals surface area contributed by atoms with Gasteiger partial charge in [-0.2, -0.15) is 5.10 Å². The SMILES string of the molecule is CCOc1cncc(-n2nc(C)c(N)c2C)c1. The highest BCUT2D eigenvalue weighted by molar-refractivity contribution is 5.50. The van der Waals surface area contributed by atoms with Gasteiger partial charge in [0.05, 0.1) is 41.8 Å². The molecular weight excluding hydrogens is 216 g/mol. The second kappa shape index (κ2) is 4.45. The van der Waals surface area contributed by atoms with Crippen LogP contribution in [0, 0.1) is 13.8 Å². The fraction of sp³-hybridized carbons (Fsp3) is 0.333. The van der Waals surface area contributed by atoms with Crippen LogP contribution in [0.4, 0.5) is 5.69 Å². The monoisotopic (exact) mass is 232 g/mol. The lowest BCUT2D eigenvalue weighted by molar-refractivity contribution is 0.338. The van der Waals surface area contributed by atoms with Gasteiger partial charge in [-0.3, -0.25) is 4.98 Å². The van der Waals surface area contributed by atoms with Crippen molar-refractivity contribution in [2.45, 2.75) is 20.8 Å². The third kappa shape index (κ3) is 2.08. The second-order valence-corrected chi connectivity index (χ2v) is 3.81. The van der Waals surface area contributed by atoms with Gasteiger partial charge in [0, 0.05) is 6.07 Å². The molecule has 17 heavy (non-hydrogen) atoms. The Labute approximate surface area is 100 Å². The average Bonchev–Trinajstić information content (AvgIpc) is 2.58. The minimum absolute atomic E-state index is 0.615. The smallest absolute Gasteiger partial charge is 0.139 e. The van der Waals surface area contributed by atoms with Gasteiger partial charge in [0.2, 0.25) is 0 Å². The molecule has 0 saturated heterocycles. The number of hydrogen-bond acceptors (Lipinski definition) is 4. The largest absolute Gasteiger partial charge is 0.492 e. The first-order valence-corrected chi connectivity index (χ1v) is 5.53. The zero-order chi connectivity index (χ0) is 12.4. The number of anilines is 1. The van der Waals surface area contributed by atoms with Crippen molar-refractivity contribution in [2.24, 2.45) is 0 Å². The quantitative estimate of drug-likeness (QED) is 0.877. The topological polar surface area (TPSA) is 66.0 Å². The number of nitrogens with zero attached hydrogens (tertiary/aromatic N) is 3. The molecule has 5 heteroatoms. The second-order valence-electron chi connectivity index (χ2n) is 3.81. The Morgan fingerprint density at radius 2 is 2.12 bits per heavy atom. The summed E-state index contributed by atoms with van der Waals surface area (Å²) in [7, 11) is 0. The Morgan fingerprint density at radius 1 is 1.35 bits per heavy atom. The molecule has 0 spiro atoms. The van der Waals surface area contributed by atoms with E-state index in [4.69, 9.17) is 10.5 Å². The van der Waals surface area contributed by atoms with Crippen LogP contribution >= 0.6 is 0 Å². The Hall–Kier alpha value is -2.04. The summed E-state index contributed by atoms with van der Waals surface area (Å²) < 4.78 is 7.19. The third-order valence-electron chi connectivity index (χ3n) is 2.60. The van der Waals surface area contributed by atoms with Crippen molar-refractivity contribution in [1.82, 2.24) is 14.8 Å². The summed E-state index contributed by atoms with van der Waals surface area (Å²) in [6.07, 6.45) is 3.42. The number of hydrogen-bond donors (Lipinski definition) is 1. The molecule has 0 aliphatic carbocycles. The Kier molecular flexibility index (Phi) is 2.99. The Morgan fingerprint density at radius 3 is 2.71 bits per heavy atom. The maximum absolute atomic E-state index is 5.90. The maximum atomic E-state index is 5.90. The highest BCUT2D eigenvalue weighted by Gasteiger charge is 2.10. The molecule has 2 N–H and O–H groups in total. The van der Waals surface area contributed by atoms with E-state index in [2.05, 4.69) is 10.1 Å². The lowest BCUT2D eigenvalue weighted by Crippen LogP contribution is -2.01. The van der Waals surface area contributed by atoms with Crippen molar-refractivity contribution in [3.63, 3.8) is 0 Å². The van der Waals surface area contributed by atoms with E-state index < -0.39 is 0 Å². The first-order valence-electron chi connectivity index (χ1n) is 5.53. The molecule has 0 aromatic carbocycles. The summed E-state index contributed by atoms with van der Waals surface area (Å²) in [6, 6.07) is 1.90. The van der Waals surface area contributed by atoms with E-state index in [1.54, 1.807) is 17.1 Å². The van der Waals surface area contributed by atoms with Crippen molar-refractivity contribution in [2.75, 3.05) is 12.3 Å². The van der Waals surface area contributed by atoms with E-state index in [0.29, 0.717) is 12.3 Å². The van der Waals surface area contributed by atoms with Crippen molar-refractivity contribution in [1.29, 1.82) is 0 Å². The van der Waals surface area contributed by atoms with Gasteiger partial charge in [-0.1, -0.05) is 0 Å². The van der Waals surface area contributed by atoms with Crippen LogP contribution in [0.3, 0.4) is 0 Å². The lowest BCUT2D eigenvalue weighted by Gasteiger charge is -2.07. The van der Waals surface area contributed by atoms with E-state index in [1.165, 1.54) is 0 Å². The molecule has 2 rings (SSSR count). The highest BCUT2D eigenvalue weighted by atomic mass is 16.5. The molecule has 0 atom stereocenters. The summed E-state index contributed by atoms with van der Waals surface area (Å²) >= 11 is 0. The van der Waals surface area contributed by atoms with E-state index in [1.807, 2.05) is 26.8 Å². The molecule has 0 radical (unpaired) electrons. The van der Waals surface area contributed by atoms with Gasteiger partial charge in [0.25, 0.3) is 0 Å². The van der Waals surface area contributed by atoms with E-state index in [9.17, 15) is 0 Å². The van der Waals surface area contributed by atoms with Crippen LogP contribution in [0.15, 0.2) is 18.5 Å². The van der Waals surface area contributed by atoms with Crippen molar-refractivity contribution in [3.8, 4) is 11.4 Å². The van der Waals surface area contributed by atoms with Crippen LogP contribution in [-0.4, -0.2) is 21.4 Å². The summed E-state index contributed by atoms with van der Waals surface area (Å²) in [6.45, 7) is 6.37. The van der Waals surface area contributed by atoms with Gasteiger partial charge in [-0.15, -0.1) is 0 Å². The predicted octanol–water partition coefficient (Wildman–Crippen LogP) is 1.87. The van der Waals surface area contributed by atoms with E-state index in [-0.39, 0.29) is 0 Å². The van der Waals surface area contributed by atoms with E-state index >= 15 is 0 Å². The standard InChI is InChI=1S/C12H16N4O/c1-4-17-11-5-10(6-14-7-11)16-9(3)12(13)8(2)15-16/h5-7H,4,13H2,1-3H3. The van der Waals surface area contributed by atoms with Gasteiger partial charge in [-0.25, -0.2) is 4.68 Å². The minimum Gasteiger partial charge on any atom is -0.492 e. The van der Waals surface area contributed by atoms with Crippen LogP contribution in [0.5, 0.6) is 5.75 Å². The number of nitrogen functional groups attached to an aromatic ring is 1. The molecule has 2 heterocycles. The van der Waals surface area contributed by atoms with Crippen LogP contribution in [0.1, 0.15) is 18.3 Å². The van der Waals surface area contributed by atoms with Gasteiger partial charge < -0.3 is 10.5 Å². The molecule has 0 bridgehead atoms. The van der Waals surface area contributed by atoms with Crippen molar-refractivity contribution < 1.29 is 4.74 Å². The Balaban J connectivity index is 2.45.